The van der Waals surface area contributed by atoms with E-state index in [4.69, 9.17) is 19.3 Å². The Morgan fingerprint density at radius 3 is 2.87 bits per heavy atom. The van der Waals surface area contributed by atoms with E-state index >= 15 is 0 Å². The monoisotopic (exact) mass is 484 g/mol. The number of hydrogen-bond donors (Lipinski definition) is 0. The fraction of sp³-hybridized carbons (Fsp3) is 0.261. The van der Waals surface area contributed by atoms with E-state index in [0.717, 1.165) is 27.9 Å². The lowest BCUT2D eigenvalue weighted by Gasteiger charge is -2.38. The molecule has 2 aromatic carbocycles. The van der Waals surface area contributed by atoms with Gasteiger partial charge in [0.15, 0.2) is 11.5 Å². The van der Waals surface area contributed by atoms with Gasteiger partial charge < -0.3 is 14.2 Å². The van der Waals surface area contributed by atoms with Crippen molar-refractivity contribution in [2.45, 2.75) is 25.6 Å². The van der Waals surface area contributed by atoms with E-state index in [9.17, 15) is 0 Å². The van der Waals surface area contributed by atoms with Gasteiger partial charge in [-0.15, -0.1) is 11.3 Å². The maximum absolute atomic E-state index is 6.46. The lowest BCUT2D eigenvalue weighted by Crippen LogP contribution is -2.33. The van der Waals surface area contributed by atoms with Crippen molar-refractivity contribution in [3.05, 3.63) is 74.4 Å². The summed E-state index contributed by atoms with van der Waals surface area (Å²) in [5.41, 5.74) is 3.22. The van der Waals surface area contributed by atoms with Gasteiger partial charge in [0.2, 0.25) is 6.23 Å². The second-order valence-electron chi connectivity index (χ2n) is 7.10. The largest absolute Gasteiger partial charge is 0.492 e. The third-order valence-electron chi connectivity index (χ3n) is 5.33. The van der Waals surface area contributed by atoms with Crippen molar-refractivity contribution in [2.24, 2.45) is 5.10 Å². The average Bonchev–Trinajstić information content (AvgIpc) is 3.43. The molecule has 1 aromatic heterocycles. The highest BCUT2D eigenvalue weighted by atomic mass is 79.9. The van der Waals surface area contributed by atoms with E-state index in [0.29, 0.717) is 18.1 Å². The minimum absolute atomic E-state index is 0.133. The van der Waals surface area contributed by atoms with Gasteiger partial charge in [0.1, 0.15) is 5.75 Å². The Balaban J connectivity index is 1.61. The van der Waals surface area contributed by atoms with Crippen molar-refractivity contribution in [1.29, 1.82) is 0 Å². The van der Waals surface area contributed by atoms with Crippen LogP contribution in [0, 0.1) is 0 Å². The number of thiophene rings is 1. The summed E-state index contributed by atoms with van der Waals surface area (Å²) in [5, 5.41) is 9.18. The summed E-state index contributed by atoms with van der Waals surface area (Å²) >= 11 is 5.35. The van der Waals surface area contributed by atoms with Gasteiger partial charge in [-0.25, -0.2) is 5.01 Å². The Labute approximate surface area is 188 Å². The number of fused-ring (bicyclic) bond motifs is 3. The first-order chi connectivity index (χ1) is 14.7. The molecule has 7 heteroatoms. The molecule has 5 nitrogen and oxygen atoms in total. The minimum atomic E-state index is -0.358. The number of benzene rings is 2. The number of halogens is 1. The molecule has 0 saturated heterocycles. The highest BCUT2D eigenvalue weighted by molar-refractivity contribution is 9.10. The van der Waals surface area contributed by atoms with Crippen LogP contribution in [0.5, 0.6) is 17.2 Å². The van der Waals surface area contributed by atoms with Crippen LogP contribution in [0.15, 0.2) is 63.5 Å². The first-order valence-electron chi connectivity index (χ1n) is 9.85. The fourth-order valence-corrected chi connectivity index (χ4v) is 5.38. The summed E-state index contributed by atoms with van der Waals surface area (Å²) in [6.07, 6.45) is 0.497. The molecule has 0 saturated carbocycles. The Morgan fingerprint density at radius 2 is 2.10 bits per heavy atom. The van der Waals surface area contributed by atoms with E-state index in [1.807, 2.05) is 31.2 Å². The molecule has 0 fully saturated rings. The molecule has 2 aliphatic rings. The summed E-state index contributed by atoms with van der Waals surface area (Å²) in [5.74, 6) is 2.26. The first kappa shape index (κ1) is 19.5. The topological polar surface area (TPSA) is 43.3 Å². The highest BCUT2D eigenvalue weighted by Crippen LogP contribution is 2.49. The van der Waals surface area contributed by atoms with Gasteiger partial charge in [-0.05, 0) is 52.5 Å². The lowest BCUT2D eigenvalue weighted by atomic mass is 9.97. The van der Waals surface area contributed by atoms with Crippen LogP contribution in [0.3, 0.4) is 0 Å². The maximum atomic E-state index is 6.46. The molecule has 3 heterocycles. The molecule has 3 aromatic rings. The summed E-state index contributed by atoms with van der Waals surface area (Å²) < 4.78 is 18.7. The van der Waals surface area contributed by atoms with Gasteiger partial charge in [0.25, 0.3) is 0 Å². The molecule has 154 valence electrons. The summed E-state index contributed by atoms with van der Waals surface area (Å²) in [7, 11) is 1.64. The van der Waals surface area contributed by atoms with Crippen LogP contribution in [0.1, 0.15) is 41.6 Å². The SMILES string of the molecule is CCOc1cc([C@H]2Oc3ccccc3[C@H]3CC(c4cccs4)=NN32)cc(Br)c1OC. The number of rotatable bonds is 5. The number of ether oxygens (including phenoxy) is 3. The second-order valence-corrected chi connectivity index (χ2v) is 8.90. The van der Waals surface area contributed by atoms with Crippen LogP contribution in [-0.4, -0.2) is 24.4 Å². The molecule has 30 heavy (non-hydrogen) atoms. The molecule has 0 N–H and O–H groups in total. The van der Waals surface area contributed by atoms with Crippen LogP contribution in [0.4, 0.5) is 0 Å². The van der Waals surface area contributed by atoms with Crippen molar-refractivity contribution in [1.82, 2.24) is 5.01 Å². The molecule has 0 aliphatic carbocycles. The Kier molecular flexibility index (Phi) is 5.16. The predicted molar refractivity (Wildman–Crippen MR) is 122 cm³/mol. The van der Waals surface area contributed by atoms with Gasteiger partial charge in [0.05, 0.1) is 34.8 Å². The van der Waals surface area contributed by atoms with Crippen LogP contribution >= 0.6 is 27.3 Å². The van der Waals surface area contributed by atoms with E-state index in [2.05, 4.69) is 50.6 Å². The van der Waals surface area contributed by atoms with Crippen molar-refractivity contribution in [2.75, 3.05) is 13.7 Å². The van der Waals surface area contributed by atoms with Crippen molar-refractivity contribution < 1.29 is 14.2 Å². The summed E-state index contributed by atoms with van der Waals surface area (Å²) in [4.78, 5) is 1.20. The smallest absolute Gasteiger partial charge is 0.214 e. The van der Waals surface area contributed by atoms with Crippen molar-refractivity contribution in [3.8, 4) is 17.2 Å². The Bertz CT molecular complexity index is 1100. The van der Waals surface area contributed by atoms with Gasteiger partial charge >= 0.3 is 0 Å². The van der Waals surface area contributed by atoms with Crippen molar-refractivity contribution in [3.63, 3.8) is 0 Å². The minimum Gasteiger partial charge on any atom is -0.492 e. The molecule has 0 amide bonds. The summed E-state index contributed by atoms with van der Waals surface area (Å²) in [6.45, 7) is 2.51. The third-order valence-corrected chi connectivity index (χ3v) is 6.83. The number of hydrogen-bond acceptors (Lipinski definition) is 6. The van der Waals surface area contributed by atoms with Crippen molar-refractivity contribution >= 4 is 33.0 Å². The van der Waals surface area contributed by atoms with E-state index in [-0.39, 0.29) is 12.3 Å². The average molecular weight is 485 g/mol. The van der Waals surface area contributed by atoms with Crippen LogP contribution in [0.25, 0.3) is 0 Å². The number of para-hydroxylation sites is 1. The van der Waals surface area contributed by atoms with E-state index in [1.165, 1.54) is 10.4 Å². The molecule has 2 atom stereocenters. The van der Waals surface area contributed by atoms with E-state index in [1.54, 1.807) is 18.4 Å². The molecular weight excluding hydrogens is 464 g/mol. The normalized spacial score (nSPS) is 19.6. The first-order valence-corrected chi connectivity index (χ1v) is 11.5. The molecule has 0 bridgehead atoms. The predicted octanol–water partition coefficient (Wildman–Crippen LogP) is 6.16. The lowest BCUT2D eigenvalue weighted by molar-refractivity contribution is -0.0192. The zero-order valence-corrected chi connectivity index (χ0v) is 19.1. The fourth-order valence-electron chi connectivity index (χ4n) is 4.04. The molecule has 0 unspecified atom stereocenters. The standard InChI is InChI=1S/C23H21BrN2O3S/c1-3-28-20-12-14(11-16(24)22(20)27-2)23-26-18(15-7-4-5-8-19(15)29-23)13-17(25-26)21-9-6-10-30-21/h4-12,18,23H,3,13H2,1-2H3/t18-,23-/m1/s1. The van der Waals surface area contributed by atoms with Gasteiger partial charge in [-0.2, -0.15) is 5.10 Å². The zero-order chi connectivity index (χ0) is 20.7. The number of methoxy groups -OCH3 is 1. The third kappa shape index (κ3) is 3.26. The quantitative estimate of drug-likeness (QED) is 0.434. The van der Waals surface area contributed by atoms with Crippen LogP contribution in [-0.2, 0) is 0 Å². The maximum Gasteiger partial charge on any atom is 0.214 e. The van der Waals surface area contributed by atoms with Gasteiger partial charge in [0, 0.05) is 17.5 Å². The molecule has 0 radical (unpaired) electrons. The van der Waals surface area contributed by atoms with Crippen LogP contribution in [0.2, 0.25) is 0 Å². The number of hydrazone groups is 1. The molecule has 0 spiro atoms. The van der Waals surface area contributed by atoms with E-state index < -0.39 is 0 Å². The Morgan fingerprint density at radius 1 is 1.23 bits per heavy atom. The molecule has 5 rings (SSSR count). The molecular formula is C23H21BrN2O3S. The Hall–Kier alpha value is -2.51. The highest BCUT2D eigenvalue weighted by Gasteiger charge is 2.41. The second kappa shape index (κ2) is 7.96. The zero-order valence-electron chi connectivity index (χ0n) is 16.7. The number of nitrogens with zero attached hydrogens (tertiary/aromatic N) is 2. The summed E-state index contributed by atoms with van der Waals surface area (Å²) in [6, 6.07) is 16.6. The molecule has 2 aliphatic heterocycles. The van der Waals surface area contributed by atoms with Gasteiger partial charge in [-0.1, -0.05) is 24.3 Å². The van der Waals surface area contributed by atoms with Crippen LogP contribution < -0.4 is 14.2 Å². The van der Waals surface area contributed by atoms with Gasteiger partial charge in [-0.3, -0.25) is 0 Å².